The number of rotatable bonds is 4. The number of carbonyl (C=O) groups excluding carboxylic acids is 2. The Morgan fingerprint density at radius 2 is 2.04 bits per heavy atom. The van der Waals surface area contributed by atoms with Crippen LogP contribution in [0, 0.1) is 5.41 Å². The summed E-state index contributed by atoms with van der Waals surface area (Å²) in [6.07, 6.45) is 0. The Morgan fingerprint density at radius 1 is 1.38 bits per heavy atom. The molecule has 2 amide bonds. The monoisotopic (exact) mass is 370 g/mol. The molecule has 0 bridgehead atoms. The van der Waals surface area contributed by atoms with Crippen molar-refractivity contribution in [3.8, 4) is 0 Å². The van der Waals surface area contributed by atoms with E-state index in [2.05, 4.69) is 26.3 Å². The highest BCUT2D eigenvalue weighted by atomic mass is 35.5. The Labute approximate surface area is 152 Å². The number of hydroxylamine groups is 1. The van der Waals surface area contributed by atoms with Gasteiger partial charge in [-0.3, -0.25) is 14.4 Å². The Balaban J connectivity index is 2.35. The van der Waals surface area contributed by atoms with E-state index in [9.17, 15) is 9.59 Å². The first-order valence-corrected chi connectivity index (χ1v) is 9.30. The molecule has 1 aliphatic heterocycles. The normalized spacial score (nSPS) is 21.0. The highest BCUT2D eigenvalue weighted by Gasteiger charge is 2.46. The van der Waals surface area contributed by atoms with Crippen LogP contribution in [0.1, 0.15) is 38.1 Å². The average molecular weight is 371 g/mol. The maximum atomic E-state index is 13.1. The molecule has 0 aromatic heterocycles. The molecule has 0 aliphatic carbocycles. The lowest BCUT2D eigenvalue weighted by molar-refractivity contribution is -0.137. The number of carbonyl (C=O) groups is 2. The molecule has 7 heteroatoms. The SMILES string of the molecule is CCONC(=O)C1CSC(C(C)(C)C)N1C(=O)c1ccccc1Cl. The van der Waals surface area contributed by atoms with Gasteiger partial charge in [-0.15, -0.1) is 11.8 Å². The third kappa shape index (κ3) is 4.05. The van der Waals surface area contributed by atoms with E-state index in [-0.39, 0.29) is 22.6 Å². The second-order valence-corrected chi connectivity index (χ2v) is 8.18. The lowest BCUT2D eigenvalue weighted by Crippen LogP contribution is -2.52. The first-order chi connectivity index (χ1) is 11.3. The maximum absolute atomic E-state index is 13.1. The van der Waals surface area contributed by atoms with Crippen molar-refractivity contribution in [1.82, 2.24) is 10.4 Å². The van der Waals surface area contributed by atoms with Crippen molar-refractivity contribution < 1.29 is 14.4 Å². The van der Waals surface area contributed by atoms with Crippen LogP contribution < -0.4 is 5.48 Å². The van der Waals surface area contributed by atoms with Crippen molar-refractivity contribution in [2.24, 2.45) is 5.41 Å². The fraction of sp³-hybridized carbons (Fsp3) is 0.529. The lowest BCUT2D eigenvalue weighted by atomic mass is 9.94. The minimum absolute atomic E-state index is 0.126. The van der Waals surface area contributed by atoms with Crippen LogP contribution in [-0.4, -0.2) is 40.5 Å². The van der Waals surface area contributed by atoms with Crippen LogP contribution in [0.5, 0.6) is 0 Å². The summed E-state index contributed by atoms with van der Waals surface area (Å²) in [5, 5.41) is 0.259. The zero-order valence-electron chi connectivity index (χ0n) is 14.3. The Hall–Kier alpha value is -1.24. The van der Waals surface area contributed by atoms with Crippen molar-refractivity contribution in [3.05, 3.63) is 34.9 Å². The van der Waals surface area contributed by atoms with Crippen molar-refractivity contribution in [2.75, 3.05) is 12.4 Å². The van der Waals surface area contributed by atoms with Gasteiger partial charge >= 0.3 is 0 Å². The molecular formula is C17H23ClN2O3S. The molecule has 0 spiro atoms. The first kappa shape index (κ1) is 19.1. The number of hydrogen-bond acceptors (Lipinski definition) is 4. The van der Waals surface area contributed by atoms with Crippen LogP contribution in [0.4, 0.5) is 0 Å². The highest BCUT2D eigenvalue weighted by Crippen LogP contribution is 2.41. The number of amides is 2. The van der Waals surface area contributed by atoms with Gasteiger partial charge in [0.15, 0.2) is 0 Å². The molecule has 5 nitrogen and oxygen atoms in total. The number of hydrogen-bond donors (Lipinski definition) is 1. The first-order valence-electron chi connectivity index (χ1n) is 7.87. The molecule has 2 atom stereocenters. The molecule has 1 aromatic carbocycles. The number of nitrogens with one attached hydrogen (secondary N) is 1. The summed E-state index contributed by atoms with van der Waals surface area (Å²) < 4.78 is 0. The topological polar surface area (TPSA) is 58.6 Å². The molecule has 1 heterocycles. The van der Waals surface area contributed by atoms with Gasteiger partial charge < -0.3 is 4.90 Å². The van der Waals surface area contributed by atoms with E-state index in [0.717, 1.165) is 0 Å². The number of benzene rings is 1. The summed E-state index contributed by atoms with van der Waals surface area (Å²) >= 11 is 7.79. The van der Waals surface area contributed by atoms with Gasteiger partial charge in [0.2, 0.25) is 0 Å². The Kier molecular flexibility index (Phi) is 6.17. The van der Waals surface area contributed by atoms with E-state index >= 15 is 0 Å². The highest BCUT2D eigenvalue weighted by molar-refractivity contribution is 8.00. The van der Waals surface area contributed by atoms with E-state index in [0.29, 0.717) is 22.9 Å². The minimum atomic E-state index is -0.588. The third-order valence-electron chi connectivity index (χ3n) is 3.70. The van der Waals surface area contributed by atoms with Crippen LogP contribution in [-0.2, 0) is 9.63 Å². The van der Waals surface area contributed by atoms with Gasteiger partial charge in [0, 0.05) is 5.75 Å². The van der Waals surface area contributed by atoms with Crippen LogP contribution >= 0.6 is 23.4 Å². The van der Waals surface area contributed by atoms with Gasteiger partial charge in [-0.2, -0.15) is 0 Å². The molecule has 2 unspecified atom stereocenters. The lowest BCUT2D eigenvalue weighted by Gasteiger charge is -2.36. The molecule has 0 saturated carbocycles. The average Bonchev–Trinajstić information content (AvgIpc) is 2.97. The molecule has 1 N–H and O–H groups in total. The maximum Gasteiger partial charge on any atom is 0.267 e. The smallest absolute Gasteiger partial charge is 0.267 e. The standard InChI is InChI=1S/C17H23ClN2O3S/c1-5-23-19-14(21)13-10-24-16(17(2,3)4)20(13)15(22)11-8-6-7-9-12(11)18/h6-9,13,16H,5,10H2,1-4H3,(H,19,21). The molecule has 1 saturated heterocycles. The fourth-order valence-electron chi connectivity index (χ4n) is 2.61. The van der Waals surface area contributed by atoms with Crippen LogP contribution in [0.25, 0.3) is 0 Å². The molecule has 1 fully saturated rings. The van der Waals surface area contributed by atoms with Crippen molar-refractivity contribution in [1.29, 1.82) is 0 Å². The largest absolute Gasteiger partial charge is 0.313 e. The zero-order valence-corrected chi connectivity index (χ0v) is 15.9. The van der Waals surface area contributed by atoms with E-state index < -0.39 is 6.04 Å². The number of nitrogens with zero attached hydrogens (tertiary/aromatic N) is 1. The summed E-state index contributed by atoms with van der Waals surface area (Å²) in [7, 11) is 0. The molecule has 1 aliphatic rings. The minimum Gasteiger partial charge on any atom is -0.313 e. The summed E-state index contributed by atoms with van der Waals surface area (Å²) in [4.78, 5) is 32.2. The van der Waals surface area contributed by atoms with Crippen molar-refractivity contribution >= 4 is 35.2 Å². The Morgan fingerprint density at radius 3 is 2.62 bits per heavy atom. The summed E-state index contributed by atoms with van der Waals surface area (Å²) in [5.41, 5.74) is 2.65. The summed E-state index contributed by atoms with van der Waals surface area (Å²) in [6, 6.07) is 6.32. The molecule has 2 rings (SSSR count). The van der Waals surface area contributed by atoms with E-state index in [4.69, 9.17) is 16.4 Å². The second-order valence-electron chi connectivity index (χ2n) is 6.66. The van der Waals surface area contributed by atoms with Crippen LogP contribution in [0.3, 0.4) is 0 Å². The number of halogens is 1. The van der Waals surface area contributed by atoms with Gasteiger partial charge in [-0.25, -0.2) is 5.48 Å². The second kappa shape index (κ2) is 7.76. The summed E-state index contributed by atoms with van der Waals surface area (Å²) in [6.45, 7) is 8.32. The van der Waals surface area contributed by atoms with Crippen LogP contribution in [0.15, 0.2) is 24.3 Å². The van der Waals surface area contributed by atoms with E-state index in [1.807, 2.05) is 0 Å². The fourth-order valence-corrected chi connectivity index (χ4v) is 4.41. The van der Waals surface area contributed by atoms with Crippen molar-refractivity contribution in [3.63, 3.8) is 0 Å². The van der Waals surface area contributed by atoms with Gasteiger partial charge in [0.05, 0.1) is 22.6 Å². The predicted molar refractivity (Wildman–Crippen MR) is 96.9 cm³/mol. The quantitative estimate of drug-likeness (QED) is 0.826. The Bertz CT molecular complexity index is 618. The van der Waals surface area contributed by atoms with Gasteiger partial charge in [-0.05, 0) is 24.5 Å². The molecule has 0 radical (unpaired) electrons. The predicted octanol–water partition coefficient (Wildman–Crippen LogP) is 3.34. The number of thioether (sulfide) groups is 1. The van der Waals surface area contributed by atoms with Crippen LogP contribution in [0.2, 0.25) is 5.02 Å². The van der Waals surface area contributed by atoms with Gasteiger partial charge in [0.25, 0.3) is 11.8 Å². The van der Waals surface area contributed by atoms with E-state index in [1.54, 1.807) is 47.9 Å². The molecular weight excluding hydrogens is 348 g/mol. The molecule has 1 aromatic rings. The van der Waals surface area contributed by atoms with Gasteiger partial charge in [0.1, 0.15) is 6.04 Å². The molecule has 24 heavy (non-hydrogen) atoms. The van der Waals surface area contributed by atoms with E-state index in [1.165, 1.54) is 0 Å². The van der Waals surface area contributed by atoms with Crippen molar-refractivity contribution in [2.45, 2.75) is 39.1 Å². The van der Waals surface area contributed by atoms with Gasteiger partial charge in [-0.1, -0.05) is 44.5 Å². The third-order valence-corrected chi connectivity index (χ3v) is 5.79. The summed E-state index contributed by atoms with van der Waals surface area (Å²) in [5.74, 6) is -0.0181. The molecule has 132 valence electrons. The zero-order chi connectivity index (χ0) is 17.9.